The molecule has 33 heavy (non-hydrogen) atoms. The summed E-state index contributed by atoms with van der Waals surface area (Å²) in [5, 5.41) is 13.9. The van der Waals surface area contributed by atoms with Crippen LogP contribution >= 0.6 is 0 Å². The third-order valence-electron chi connectivity index (χ3n) is 5.29. The maximum Gasteiger partial charge on any atom is 0.252 e. The van der Waals surface area contributed by atoms with E-state index in [1.807, 2.05) is 13.8 Å². The van der Waals surface area contributed by atoms with Crippen LogP contribution in [0.5, 0.6) is 5.88 Å². The molecule has 2 atom stereocenters. The lowest BCUT2D eigenvalue weighted by Gasteiger charge is -2.23. The molecule has 0 radical (unpaired) electrons. The summed E-state index contributed by atoms with van der Waals surface area (Å²) in [4.78, 5) is 20.6. The molecular formula is C21H26FN9O2. The number of nitrogens with two attached hydrogens (primary N) is 2. The fourth-order valence-corrected chi connectivity index (χ4v) is 3.56. The Kier molecular flexibility index (Phi) is 6.36. The van der Waals surface area contributed by atoms with Gasteiger partial charge in [-0.15, -0.1) is 5.10 Å². The number of rotatable bonds is 10. The molecule has 4 rings (SSSR count). The summed E-state index contributed by atoms with van der Waals surface area (Å²) < 4.78 is 21.8. The van der Waals surface area contributed by atoms with Gasteiger partial charge in [0.2, 0.25) is 5.88 Å². The molecule has 12 heteroatoms. The Morgan fingerprint density at radius 2 is 2.15 bits per heavy atom. The van der Waals surface area contributed by atoms with Crippen molar-refractivity contribution in [1.29, 1.82) is 0 Å². The molecule has 1 saturated carbocycles. The lowest BCUT2D eigenvalue weighted by Crippen LogP contribution is -2.40. The highest BCUT2D eigenvalue weighted by atomic mass is 19.1. The summed E-state index contributed by atoms with van der Waals surface area (Å²) in [6, 6.07) is 2.42. The number of carbonyl (C=O) groups excluding carboxylic acids is 1. The molecule has 11 nitrogen and oxygen atoms in total. The van der Waals surface area contributed by atoms with Crippen LogP contribution in [0.3, 0.4) is 0 Å². The molecule has 1 aliphatic rings. The average Bonchev–Trinajstić information content (AvgIpc) is 3.46. The Labute approximate surface area is 189 Å². The van der Waals surface area contributed by atoms with E-state index in [9.17, 15) is 9.18 Å². The topological polar surface area (TPSA) is 159 Å². The zero-order chi connectivity index (χ0) is 23.5. The summed E-state index contributed by atoms with van der Waals surface area (Å²) in [5.41, 5.74) is 12.4. The quantitative estimate of drug-likeness (QED) is 0.358. The number of primary amides is 1. The third-order valence-corrected chi connectivity index (χ3v) is 5.29. The molecule has 0 spiro atoms. The number of nitrogens with one attached hydrogen (secondary N) is 2. The molecule has 6 N–H and O–H groups in total. The lowest BCUT2D eigenvalue weighted by atomic mass is 10.1. The Morgan fingerprint density at radius 1 is 1.36 bits per heavy atom. The largest absolute Gasteiger partial charge is 0.476 e. The molecule has 0 aliphatic heterocycles. The smallest absolute Gasteiger partial charge is 0.252 e. The van der Waals surface area contributed by atoms with Crippen LogP contribution < -0.4 is 26.8 Å². The zero-order valence-electron chi connectivity index (χ0n) is 18.3. The van der Waals surface area contributed by atoms with Crippen molar-refractivity contribution in [3.05, 3.63) is 42.1 Å². The predicted molar refractivity (Wildman–Crippen MR) is 120 cm³/mol. The van der Waals surface area contributed by atoms with Crippen LogP contribution in [-0.2, 0) is 0 Å². The first-order chi connectivity index (χ1) is 15.9. The highest BCUT2D eigenvalue weighted by Gasteiger charge is 2.34. The molecular weight excluding hydrogens is 429 g/mol. The van der Waals surface area contributed by atoms with Crippen molar-refractivity contribution in [2.45, 2.75) is 38.8 Å². The molecule has 3 aromatic rings. The Morgan fingerprint density at radius 3 is 2.76 bits per heavy atom. The number of amides is 1. The summed E-state index contributed by atoms with van der Waals surface area (Å²) in [6.07, 6.45) is 6.71. The van der Waals surface area contributed by atoms with Gasteiger partial charge >= 0.3 is 0 Å². The number of nitrogens with zero attached hydrogens (tertiary/aromatic N) is 5. The third kappa shape index (κ3) is 5.00. The first-order valence-electron chi connectivity index (χ1n) is 10.7. The second kappa shape index (κ2) is 9.36. The van der Waals surface area contributed by atoms with Crippen LogP contribution in [0.4, 0.5) is 21.7 Å². The van der Waals surface area contributed by atoms with Crippen molar-refractivity contribution < 1.29 is 13.9 Å². The summed E-state index contributed by atoms with van der Waals surface area (Å²) in [6.45, 7) is 4.11. The second-order valence-corrected chi connectivity index (χ2v) is 7.90. The van der Waals surface area contributed by atoms with Gasteiger partial charge in [0.1, 0.15) is 11.5 Å². The number of hydrogen-bond acceptors (Lipinski definition) is 9. The molecule has 3 heterocycles. The maximum atomic E-state index is 14.8. The van der Waals surface area contributed by atoms with E-state index in [1.165, 1.54) is 17.1 Å². The lowest BCUT2D eigenvalue weighted by molar-refractivity contribution is 0.100. The number of pyridine rings is 2. The van der Waals surface area contributed by atoms with Gasteiger partial charge in [-0.25, -0.2) is 19.0 Å². The SMILES string of the molecule is CCOc1ncc(Nc2nc(NC(C3CC3)[C@H](C)N)c(F)cc2C(N)=O)cc1-n1ccnn1. The van der Waals surface area contributed by atoms with Gasteiger partial charge in [0, 0.05) is 12.1 Å². The molecule has 1 aliphatic carbocycles. The molecule has 0 bridgehead atoms. The van der Waals surface area contributed by atoms with E-state index in [2.05, 4.69) is 30.9 Å². The van der Waals surface area contributed by atoms with Crippen LogP contribution in [-0.4, -0.2) is 49.6 Å². The molecule has 1 fully saturated rings. The van der Waals surface area contributed by atoms with Crippen molar-refractivity contribution in [3.63, 3.8) is 0 Å². The standard InChI is InChI=1S/C21H26FN9O2/c1-3-33-21-16(31-7-6-26-30-31)8-13(10-25-21)27-19-14(18(24)32)9-15(22)20(29-19)28-17(11(2)23)12-4-5-12/h6-12,17H,3-5,23H2,1-2H3,(H2,24,32)(H2,27,28,29)/t11-,17?/m0/s1. The summed E-state index contributed by atoms with van der Waals surface area (Å²) in [7, 11) is 0. The fraction of sp³-hybridized carbons (Fsp3) is 0.381. The first-order valence-corrected chi connectivity index (χ1v) is 10.7. The number of halogens is 1. The van der Waals surface area contributed by atoms with E-state index < -0.39 is 11.7 Å². The average molecular weight is 455 g/mol. The number of hydrogen-bond donors (Lipinski definition) is 4. The molecule has 1 amide bonds. The number of aromatic nitrogens is 5. The van der Waals surface area contributed by atoms with Gasteiger partial charge in [0.15, 0.2) is 11.6 Å². The van der Waals surface area contributed by atoms with Crippen LogP contribution in [0.1, 0.15) is 37.0 Å². The van der Waals surface area contributed by atoms with Gasteiger partial charge in [-0.05, 0) is 44.7 Å². The van der Waals surface area contributed by atoms with Gasteiger partial charge in [-0.3, -0.25) is 4.79 Å². The van der Waals surface area contributed by atoms with Gasteiger partial charge < -0.3 is 26.8 Å². The van der Waals surface area contributed by atoms with Gasteiger partial charge in [0.05, 0.1) is 36.4 Å². The molecule has 0 aromatic carbocycles. The van der Waals surface area contributed by atoms with Gasteiger partial charge in [0.25, 0.3) is 5.91 Å². The van der Waals surface area contributed by atoms with Crippen LogP contribution in [0.2, 0.25) is 0 Å². The Bertz CT molecular complexity index is 1130. The van der Waals surface area contributed by atoms with E-state index in [1.54, 1.807) is 12.3 Å². The van der Waals surface area contributed by atoms with Crippen molar-refractivity contribution in [3.8, 4) is 11.6 Å². The second-order valence-electron chi connectivity index (χ2n) is 7.90. The van der Waals surface area contributed by atoms with Crippen molar-refractivity contribution in [2.24, 2.45) is 17.4 Å². The maximum absolute atomic E-state index is 14.8. The monoisotopic (exact) mass is 455 g/mol. The molecule has 1 unspecified atom stereocenters. The van der Waals surface area contributed by atoms with Gasteiger partial charge in [-0.2, -0.15) is 0 Å². The molecule has 3 aromatic heterocycles. The van der Waals surface area contributed by atoms with Crippen molar-refractivity contribution in [2.75, 3.05) is 17.2 Å². The van der Waals surface area contributed by atoms with Crippen molar-refractivity contribution in [1.82, 2.24) is 25.0 Å². The van der Waals surface area contributed by atoms with Crippen LogP contribution in [0.15, 0.2) is 30.7 Å². The van der Waals surface area contributed by atoms with E-state index in [0.29, 0.717) is 29.8 Å². The van der Waals surface area contributed by atoms with Crippen molar-refractivity contribution >= 4 is 23.2 Å². The number of anilines is 3. The summed E-state index contributed by atoms with van der Waals surface area (Å²) in [5.74, 6) is -0.722. The first kappa shape index (κ1) is 22.4. The fourth-order valence-electron chi connectivity index (χ4n) is 3.56. The number of ether oxygens (including phenoxy) is 1. The highest BCUT2D eigenvalue weighted by Crippen LogP contribution is 2.36. The Balaban J connectivity index is 1.69. The minimum atomic E-state index is -0.822. The summed E-state index contributed by atoms with van der Waals surface area (Å²) >= 11 is 0. The van der Waals surface area contributed by atoms with Gasteiger partial charge in [-0.1, -0.05) is 5.21 Å². The molecule has 174 valence electrons. The minimum Gasteiger partial charge on any atom is -0.476 e. The molecule has 0 saturated heterocycles. The van der Waals surface area contributed by atoms with E-state index >= 15 is 0 Å². The zero-order valence-corrected chi connectivity index (χ0v) is 18.3. The van der Waals surface area contributed by atoms with Crippen LogP contribution in [0.25, 0.3) is 5.69 Å². The van der Waals surface area contributed by atoms with E-state index in [-0.39, 0.29) is 29.3 Å². The van der Waals surface area contributed by atoms with E-state index in [0.717, 1.165) is 18.9 Å². The van der Waals surface area contributed by atoms with Crippen LogP contribution in [0, 0.1) is 11.7 Å². The highest BCUT2D eigenvalue weighted by molar-refractivity contribution is 5.98. The predicted octanol–water partition coefficient (Wildman–Crippen LogP) is 1.98. The number of carbonyl (C=O) groups is 1. The van der Waals surface area contributed by atoms with E-state index in [4.69, 9.17) is 16.2 Å². The Hall–Kier alpha value is -3.80. The minimum absolute atomic E-state index is 0.00732. The normalized spacial score (nSPS) is 15.0.